The molecule has 1 aliphatic carbocycles. The fraction of sp³-hybridized carbons (Fsp3) is 0.273. The van der Waals surface area contributed by atoms with Crippen LogP contribution >= 0.6 is 23.4 Å². The van der Waals surface area contributed by atoms with E-state index in [0.29, 0.717) is 21.8 Å². The summed E-state index contributed by atoms with van der Waals surface area (Å²) in [7, 11) is 0. The summed E-state index contributed by atoms with van der Waals surface area (Å²) in [6.45, 7) is 0. The van der Waals surface area contributed by atoms with Crippen LogP contribution in [0.5, 0.6) is 0 Å². The number of hydrogen-bond acceptors (Lipinski definition) is 6. The van der Waals surface area contributed by atoms with Crippen LogP contribution in [0.3, 0.4) is 0 Å². The first-order valence-electron chi connectivity index (χ1n) is 5.84. The molecule has 1 aliphatic rings. The summed E-state index contributed by atoms with van der Waals surface area (Å²) in [5.41, 5.74) is 5.98. The zero-order valence-corrected chi connectivity index (χ0v) is 11.7. The molecular weight excluding hydrogens is 302 g/mol. The van der Waals surface area contributed by atoms with Gasteiger partial charge in [0.25, 0.3) is 0 Å². The lowest BCUT2D eigenvalue weighted by Crippen LogP contribution is -2.03. The lowest BCUT2D eigenvalue weighted by atomic mass is 10.2. The predicted octanol–water partition coefficient (Wildman–Crippen LogP) is 2.09. The van der Waals surface area contributed by atoms with Crippen LogP contribution in [0.4, 0.5) is 5.69 Å². The number of aromatic nitrogens is 4. The monoisotopic (exact) mass is 311 g/mol. The average Bonchev–Trinajstić information content (AvgIpc) is 3.12. The van der Waals surface area contributed by atoms with Gasteiger partial charge in [-0.2, -0.15) is 0 Å². The number of benzene rings is 1. The third-order valence-corrected chi connectivity index (χ3v) is 4.35. The van der Waals surface area contributed by atoms with Gasteiger partial charge in [-0.15, -0.1) is 5.10 Å². The second-order valence-electron chi connectivity index (χ2n) is 4.42. The SMILES string of the molecule is Nc1cc(Cl)c(Sc2nnnn2C2CC2)c(C(=O)O)c1. The number of nitrogens with zero attached hydrogens (tertiary/aromatic N) is 4. The van der Waals surface area contributed by atoms with Crippen molar-refractivity contribution in [3.8, 4) is 0 Å². The number of halogens is 1. The Labute approximate surface area is 123 Å². The van der Waals surface area contributed by atoms with Gasteiger partial charge < -0.3 is 10.8 Å². The first-order valence-corrected chi connectivity index (χ1v) is 7.03. The molecule has 9 heteroatoms. The minimum absolute atomic E-state index is 0.0466. The molecule has 0 spiro atoms. The number of aromatic carboxylic acids is 1. The Hall–Kier alpha value is -1.80. The Kier molecular flexibility index (Phi) is 3.27. The molecule has 0 amide bonds. The number of nitrogen functional groups attached to an aromatic ring is 1. The highest BCUT2D eigenvalue weighted by molar-refractivity contribution is 7.99. The molecule has 1 aromatic heterocycles. The fourth-order valence-electron chi connectivity index (χ4n) is 1.77. The van der Waals surface area contributed by atoms with Crippen molar-refractivity contribution in [1.82, 2.24) is 20.2 Å². The molecule has 1 fully saturated rings. The summed E-state index contributed by atoms with van der Waals surface area (Å²) in [4.78, 5) is 11.7. The molecule has 1 aromatic carbocycles. The quantitative estimate of drug-likeness (QED) is 0.832. The lowest BCUT2D eigenvalue weighted by Gasteiger charge is -2.09. The summed E-state index contributed by atoms with van der Waals surface area (Å²) in [6.07, 6.45) is 2.06. The Morgan fingerprint density at radius 1 is 1.50 bits per heavy atom. The minimum atomic E-state index is -1.09. The van der Waals surface area contributed by atoms with E-state index in [9.17, 15) is 9.90 Å². The third-order valence-electron chi connectivity index (χ3n) is 2.85. The first kappa shape index (κ1) is 13.2. The van der Waals surface area contributed by atoms with Gasteiger partial charge >= 0.3 is 5.97 Å². The standard InChI is InChI=1S/C11H10ClN5O2S/c12-8-4-5(13)3-7(10(18)19)9(8)20-11-14-15-16-17(11)6-1-2-6/h3-4,6H,1-2,13H2,(H,18,19). The molecule has 1 saturated carbocycles. The van der Waals surface area contributed by atoms with Gasteiger partial charge in [-0.1, -0.05) is 11.6 Å². The Bertz CT molecular complexity index is 685. The molecule has 0 bridgehead atoms. The van der Waals surface area contributed by atoms with E-state index in [1.807, 2.05) is 0 Å². The van der Waals surface area contributed by atoms with Gasteiger partial charge in [0, 0.05) is 10.6 Å². The van der Waals surface area contributed by atoms with Crippen molar-refractivity contribution in [3.05, 3.63) is 22.7 Å². The Morgan fingerprint density at radius 3 is 2.90 bits per heavy atom. The van der Waals surface area contributed by atoms with Crippen LogP contribution in [0.2, 0.25) is 5.02 Å². The van der Waals surface area contributed by atoms with Gasteiger partial charge in [0.2, 0.25) is 5.16 Å². The van der Waals surface area contributed by atoms with E-state index < -0.39 is 5.97 Å². The van der Waals surface area contributed by atoms with Crippen molar-refractivity contribution in [2.24, 2.45) is 0 Å². The molecule has 7 nitrogen and oxygen atoms in total. The maximum absolute atomic E-state index is 11.3. The zero-order valence-electron chi connectivity index (χ0n) is 10.2. The van der Waals surface area contributed by atoms with Crippen molar-refractivity contribution in [2.45, 2.75) is 28.9 Å². The topological polar surface area (TPSA) is 107 Å². The van der Waals surface area contributed by atoms with Crippen molar-refractivity contribution < 1.29 is 9.90 Å². The zero-order chi connectivity index (χ0) is 14.3. The highest BCUT2D eigenvalue weighted by Crippen LogP contribution is 2.41. The normalized spacial score (nSPS) is 14.4. The lowest BCUT2D eigenvalue weighted by molar-refractivity contribution is 0.0693. The number of rotatable bonds is 4. The molecule has 1 heterocycles. The van der Waals surface area contributed by atoms with E-state index in [4.69, 9.17) is 17.3 Å². The van der Waals surface area contributed by atoms with Gasteiger partial charge in [-0.05, 0) is 47.2 Å². The average molecular weight is 312 g/mol. The number of carbonyl (C=O) groups is 1. The summed E-state index contributed by atoms with van der Waals surface area (Å²) in [5, 5.41) is 21.5. The molecular formula is C11H10ClN5O2S. The van der Waals surface area contributed by atoms with Crippen molar-refractivity contribution in [2.75, 3.05) is 5.73 Å². The molecule has 2 aromatic rings. The Balaban J connectivity index is 2.01. The van der Waals surface area contributed by atoms with Crippen LogP contribution < -0.4 is 5.73 Å². The van der Waals surface area contributed by atoms with E-state index in [1.54, 1.807) is 4.68 Å². The summed E-state index contributed by atoms with van der Waals surface area (Å²) < 4.78 is 1.70. The molecule has 0 saturated heterocycles. The number of carboxylic acid groups (broad SMARTS) is 1. The molecule has 3 rings (SSSR count). The van der Waals surface area contributed by atoms with Crippen molar-refractivity contribution in [3.63, 3.8) is 0 Å². The smallest absolute Gasteiger partial charge is 0.336 e. The van der Waals surface area contributed by atoms with Gasteiger partial charge in [0.1, 0.15) is 0 Å². The molecule has 0 unspecified atom stereocenters. The van der Waals surface area contributed by atoms with E-state index in [0.717, 1.165) is 24.6 Å². The molecule has 0 aliphatic heterocycles. The molecule has 0 atom stereocenters. The number of carboxylic acids is 1. The van der Waals surface area contributed by atoms with Crippen LogP contribution in [0.15, 0.2) is 22.2 Å². The maximum atomic E-state index is 11.3. The molecule has 3 N–H and O–H groups in total. The molecule has 20 heavy (non-hydrogen) atoms. The highest BCUT2D eigenvalue weighted by Gasteiger charge is 2.29. The van der Waals surface area contributed by atoms with E-state index >= 15 is 0 Å². The van der Waals surface area contributed by atoms with Crippen LogP contribution in [-0.4, -0.2) is 31.3 Å². The van der Waals surface area contributed by atoms with Gasteiger partial charge in [-0.25, -0.2) is 9.48 Å². The summed E-state index contributed by atoms with van der Waals surface area (Å²) >= 11 is 7.24. The largest absolute Gasteiger partial charge is 0.478 e. The summed E-state index contributed by atoms with van der Waals surface area (Å²) in [5.74, 6) is -1.09. The second kappa shape index (κ2) is 4.95. The number of anilines is 1. The number of hydrogen-bond donors (Lipinski definition) is 2. The van der Waals surface area contributed by atoms with E-state index in [-0.39, 0.29) is 10.6 Å². The molecule has 104 valence electrons. The second-order valence-corrected chi connectivity index (χ2v) is 5.81. The van der Waals surface area contributed by atoms with Gasteiger partial charge in [-0.3, -0.25) is 0 Å². The molecule has 0 radical (unpaired) electrons. The van der Waals surface area contributed by atoms with E-state index in [1.165, 1.54) is 12.1 Å². The first-order chi connectivity index (χ1) is 9.56. The van der Waals surface area contributed by atoms with Crippen LogP contribution in [0.25, 0.3) is 0 Å². The van der Waals surface area contributed by atoms with Gasteiger partial charge in [0.05, 0.1) is 16.6 Å². The highest BCUT2D eigenvalue weighted by atomic mass is 35.5. The van der Waals surface area contributed by atoms with Crippen LogP contribution in [0, 0.1) is 0 Å². The predicted molar refractivity (Wildman–Crippen MR) is 73.0 cm³/mol. The van der Waals surface area contributed by atoms with Crippen molar-refractivity contribution >= 4 is 35.0 Å². The van der Waals surface area contributed by atoms with Crippen LogP contribution in [0.1, 0.15) is 29.2 Å². The van der Waals surface area contributed by atoms with Crippen molar-refractivity contribution in [1.29, 1.82) is 0 Å². The number of tetrazole rings is 1. The van der Waals surface area contributed by atoms with Crippen LogP contribution in [-0.2, 0) is 0 Å². The summed E-state index contributed by atoms with van der Waals surface area (Å²) in [6, 6.07) is 3.19. The minimum Gasteiger partial charge on any atom is -0.478 e. The fourth-order valence-corrected chi connectivity index (χ4v) is 3.06. The Morgan fingerprint density at radius 2 is 2.25 bits per heavy atom. The third kappa shape index (κ3) is 2.44. The number of nitrogens with two attached hydrogens (primary N) is 1. The maximum Gasteiger partial charge on any atom is 0.336 e. The van der Waals surface area contributed by atoms with E-state index in [2.05, 4.69) is 15.5 Å². The van der Waals surface area contributed by atoms with Gasteiger partial charge in [0.15, 0.2) is 0 Å².